The maximum absolute atomic E-state index is 12.3. The molecule has 1 saturated heterocycles. The van der Waals surface area contributed by atoms with Gasteiger partial charge in [0, 0.05) is 12.1 Å². The van der Waals surface area contributed by atoms with Gasteiger partial charge in [-0.15, -0.1) is 0 Å². The van der Waals surface area contributed by atoms with Gasteiger partial charge in [0.05, 0.1) is 23.3 Å². The molecule has 23 heavy (non-hydrogen) atoms. The molecule has 3 atom stereocenters. The van der Waals surface area contributed by atoms with E-state index in [-0.39, 0.29) is 47.2 Å². The minimum absolute atomic E-state index is 0.00362. The zero-order valence-electron chi connectivity index (χ0n) is 13.4. The van der Waals surface area contributed by atoms with Crippen LogP contribution in [0, 0.1) is 11.8 Å². The predicted molar refractivity (Wildman–Crippen MR) is 86.4 cm³/mol. The monoisotopic (exact) mass is 342 g/mol. The molecule has 0 aromatic carbocycles. The molecule has 2 aliphatic carbocycles. The molecule has 0 radical (unpaired) electrons. The summed E-state index contributed by atoms with van der Waals surface area (Å²) in [6.07, 6.45) is 7.95. The van der Waals surface area contributed by atoms with E-state index >= 15 is 0 Å². The third-order valence-electron chi connectivity index (χ3n) is 5.24. The fourth-order valence-corrected chi connectivity index (χ4v) is 5.40. The lowest BCUT2D eigenvalue weighted by molar-refractivity contribution is -0.128. The van der Waals surface area contributed by atoms with Crippen molar-refractivity contribution in [2.24, 2.45) is 11.8 Å². The van der Waals surface area contributed by atoms with Gasteiger partial charge in [0.25, 0.3) is 0 Å². The molecule has 0 spiro atoms. The lowest BCUT2D eigenvalue weighted by atomic mass is 10.1. The molecule has 3 aliphatic rings. The average Bonchev–Trinajstić information content (AvgIpc) is 3.24. The zero-order chi connectivity index (χ0) is 16.4. The van der Waals surface area contributed by atoms with E-state index in [2.05, 4.69) is 10.6 Å². The summed E-state index contributed by atoms with van der Waals surface area (Å²) in [6, 6.07) is -0.0204. The first-order valence-corrected chi connectivity index (χ1v) is 10.6. The largest absolute Gasteiger partial charge is 0.353 e. The third-order valence-corrected chi connectivity index (χ3v) is 7.01. The number of carbonyl (C=O) groups is 2. The number of hydrogen-bond donors (Lipinski definition) is 2. The minimum atomic E-state index is -2.99. The van der Waals surface area contributed by atoms with Crippen LogP contribution in [0.5, 0.6) is 0 Å². The Bertz CT molecular complexity index is 567. The molecule has 0 aromatic heterocycles. The molecule has 1 heterocycles. The van der Waals surface area contributed by atoms with Gasteiger partial charge in [-0.25, -0.2) is 8.42 Å². The van der Waals surface area contributed by atoms with Crippen molar-refractivity contribution in [1.29, 1.82) is 0 Å². The van der Waals surface area contributed by atoms with E-state index in [4.69, 9.17) is 0 Å². The number of rotatable bonds is 4. The first-order valence-electron chi connectivity index (χ1n) is 8.76. The molecule has 3 fully saturated rings. The second-order valence-electron chi connectivity index (χ2n) is 7.25. The number of hydrogen-bond acceptors (Lipinski definition) is 4. The highest BCUT2D eigenvalue weighted by molar-refractivity contribution is 7.91. The van der Waals surface area contributed by atoms with Crippen molar-refractivity contribution in [3.63, 3.8) is 0 Å². The smallest absolute Gasteiger partial charge is 0.224 e. The number of sulfone groups is 1. The van der Waals surface area contributed by atoms with E-state index in [9.17, 15) is 18.0 Å². The molecule has 130 valence electrons. The van der Waals surface area contributed by atoms with E-state index in [1.165, 1.54) is 12.8 Å². The molecule has 2 amide bonds. The van der Waals surface area contributed by atoms with Crippen molar-refractivity contribution in [3.05, 3.63) is 0 Å². The molecule has 3 rings (SSSR count). The van der Waals surface area contributed by atoms with Crippen LogP contribution in [-0.4, -0.2) is 43.8 Å². The minimum Gasteiger partial charge on any atom is -0.353 e. The van der Waals surface area contributed by atoms with Crippen molar-refractivity contribution in [2.75, 3.05) is 11.5 Å². The van der Waals surface area contributed by atoms with Crippen molar-refractivity contribution in [1.82, 2.24) is 10.6 Å². The predicted octanol–water partition coefficient (Wildman–Crippen LogP) is 0.765. The molecule has 3 unspecified atom stereocenters. The summed E-state index contributed by atoms with van der Waals surface area (Å²) in [5.74, 6) is -0.483. The van der Waals surface area contributed by atoms with Crippen molar-refractivity contribution in [3.8, 4) is 0 Å². The summed E-state index contributed by atoms with van der Waals surface area (Å²) < 4.78 is 22.8. The van der Waals surface area contributed by atoms with Crippen molar-refractivity contribution in [2.45, 2.75) is 63.5 Å². The van der Waals surface area contributed by atoms with Crippen LogP contribution in [0.25, 0.3) is 0 Å². The Balaban J connectivity index is 1.43. The second-order valence-corrected chi connectivity index (χ2v) is 9.48. The van der Waals surface area contributed by atoms with Crippen LogP contribution in [-0.2, 0) is 19.4 Å². The van der Waals surface area contributed by atoms with Gasteiger partial charge < -0.3 is 10.6 Å². The lowest BCUT2D eigenvalue weighted by Gasteiger charge is -2.16. The van der Waals surface area contributed by atoms with Crippen molar-refractivity contribution < 1.29 is 18.0 Å². The summed E-state index contributed by atoms with van der Waals surface area (Å²) in [4.78, 5) is 24.4. The van der Waals surface area contributed by atoms with Gasteiger partial charge >= 0.3 is 0 Å². The Hall–Kier alpha value is -1.11. The Morgan fingerprint density at radius 2 is 1.35 bits per heavy atom. The summed E-state index contributed by atoms with van der Waals surface area (Å²) in [5, 5.41) is 5.89. The standard InChI is InChI=1S/C16H26N2O4S/c19-15(17-11-5-3-1-2-4-6-11)13-9-14(13)16(20)18-12-7-8-23(21,22)10-12/h11-14H,1-10H2,(H,17,19)(H,18,20). The van der Waals surface area contributed by atoms with Crippen LogP contribution < -0.4 is 10.6 Å². The maximum Gasteiger partial charge on any atom is 0.224 e. The zero-order valence-corrected chi connectivity index (χ0v) is 14.2. The summed E-state index contributed by atoms with van der Waals surface area (Å²) >= 11 is 0. The summed E-state index contributed by atoms with van der Waals surface area (Å²) in [7, 11) is -2.99. The van der Waals surface area contributed by atoms with Gasteiger partial charge in [-0.1, -0.05) is 25.7 Å². The van der Waals surface area contributed by atoms with Crippen LogP contribution in [0.1, 0.15) is 51.4 Å². The molecule has 2 N–H and O–H groups in total. The van der Waals surface area contributed by atoms with E-state index < -0.39 is 9.84 Å². The molecule has 2 saturated carbocycles. The highest BCUT2D eigenvalue weighted by Crippen LogP contribution is 2.39. The molecule has 7 heteroatoms. The van der Waals surface area contributed by atoms with Crippen LogP contribution in [0.4, 0.5) is 0 Å². The van der Waals surface area contributed by atoms with Crippen LogP contribution in [0.3, 0.4) is 0 Å². The van der Waals surface area contributed by atoms with Gasteiger partial charge in [0.15, 0.2) is 9.84 Å². The normalized spacial score (nSPS) is 33.7. The number of nitrogens with one attached hydrogen (secondary N) is 2. The van der Waals surface area contributed by atoms with Crippen LogP contribution >= 0.6 is 0 Å². The highest BCUT2D eigenvalue weighted by Gasteiger charge is 2.49. The van der Waals surface area contributed by atoms with Gasteiger partial charge in [-0.05, 0) is 25.7 Å². The molecule has 0 bridgehead atoms. The number of carbonyl (C=O) groups excluding carboxylic acids is 2. The van der Waals surface area contributed by atoms with E-state index in [0.717, 1.165) is 25.7 Å². The van der Waals surface area contributed by atoms with Gasteiger partial charge in [-0.2, -0.15) is 0 Å². The van der Waals surface area contributed by atoms with Crippen LogP contribution in [0.2, 0.25) is 0 Å². The SMILES string of the molecule is O=C(NC1CCCCCC1)C1CC1C(=O)NC1CCS(=O)(=O)C1. The fourth-order valence-electron chi connectivity index (χ4n) is 3.72. The number of amides is 2. The summed E-state index contributed by atoms with van der Waals surface area (Å²) in [5.41, 5.74) is 0. The Morgan fingerprint density at radius 3 is 1.87 bits per heavy atom. The molecule has 1 aliphatic heterocycles. The van der Waals surface area contributed by atoms with E-state index in [1.807, 2.05) is 0 Å². The first kappa shape index (κ1) is 16.7. The maximum atomic E-state index is 12.3. The Kier molecular flexibility index (Phi) is 4.94. The molecular formula is C16H26N2O4S. The summed E-state index contributed by atoms with van der Waals surface area (Å²) in [6.45, 7) is 0. The van der Waals surface area contributed by atoms with Gasteiger partial charge in [0.1, 0.15) is 0 Å². The van der Waals surface area contributed by atoms with Gasteiger partial charge in [0.2, 0.25) is 11.8 Å². The van der Waals surface area contributed by atoms with Crippen LogP contribution in [0.15, 0.2) is 0 Å². The average molecular weight is 342 g/mol. The Labute approximate surface area is 137 Å². The van der Waals surface area contributed by atoms with Gasteiger partial charge in [-0.3, -0.25) is 9.59 Å². The first-order chi connectivity index (χ1) is 10.9. The second kappa shape index (κ2) is 6.79. The highest BCUT2D eigenvalue weighted by atomic mass is 32.2. The molecular weight excluding hydrogens is 316 g/mol. The van der Waals surface area contributed by atoms with E-state index in [1.54, 1.807) is 0 Å². The fraction of sp³-hybridized carbons (Fsp3) is 0.875. The molecule has 6 nitrogen and oxygen atoms in total. The Morgan fingerprint density at radius 1 is 0.783 bits per heavy atom. The third kappa shape index (κ3) is 4.46. The lowest BCUT2D eigenvalue weighted by Crippen LogP contribution is -2.39. The van der Waals surface area contributed by atoms with Crippen molar-refractivity contribution >= 4 is 21.7 Å². The quantitative estimate of drug-likeness (QED) is 0.738. The molecule has 0 aromatic rings. The van der Waals surface area contributed by atoms with E-state index in [0.29, 0.717) is 12.8 Å². The topological polar surface area (TPSA) is 92.3 Å².